The Kier molecular flexibility index (Phi) is 5.17. The largest absolute Gasteiger partial charge is 0.457 e. The van der Waals surface area contributed by atoms with Gasteiger partial charge in [0.25, 0.3) is 0 Å². The highest BCUT2D eigenvalue weighted by Gasteiger charge is 2.07. The molecule has 0 radical (unpaired) electrons. The van der Waals surface area contributed by atoms with Crippen molar-refractivity contribution in [1.29, 1.82) is 0 Å². The molecule has 20 heavy (non-hydrogen) atoms. The summed E-state index contributed by atoms with van der Waals surface area (Å²) >= 11 is 3.43. The number of rotatable bonds is 5. The molecule has 0 bridgehead atoms. The molecule has 2 N–H and O–H groups in total. The predicted octanol–water partition coefficient (Wildman–Crippen LogP) is 3.83. The maximum atomic E-state index is 9.57. The van der Waals surface area contributed by atoms with Crippen LogP contribution in [0, 0.1) is 0 Å². The molecule has 0 fully saturated rings. The molecule has 106 valence electrons. The van der Waals surface area contributed by atoms with Gasteiger partial charge in [-0.1, -0.05) is 34.1 Å². The van der Waals surface area contributed by atoms with Gasteiger partial charge < -0.3 is 14.9 Å². The van der Waals surface area contributed by atoms with Crippen LogP contribution >= 0.6 is 15.9 Å². The van der Waals surface area contributed by atoms with Gasteiger partial charge in [-0.2, -0.15) is 0 Å². The molecule has 3 nitrogen and oxygen atoms in total. The van der Waals surface area contributed by atoms with Crippen molar-refractivity contribution in [1.82, 2.24) is 0 Å². The SMILES string of the molecule is C[C@H](O)c1ccc(Oc2ccc(CCO)cc2)cc1Br. The number of aliphatic hydroxyl groups is 2. The molecule has 0 amide bonds. The normalized spacial score (nSPS) is 12.2. The van der Waals surface area contributed by atoms with Crippen LogP contribution < -0.4 is 4.74 Å². The third-order valence-corrected chi connectivity index (χ3v) is 3.67. The van der Waals surface area contributed by atoms with E-state index in [1.807, 2.05) is 42.5 Å². The maximum absolute atomic E-state index is 9.57. The van der Waals surface area contributed by atoms with Crippen LogP contribution in [0.5, 0.6) is 11.5 Å². The molecule has 0 saturated carbocycles. The Hall–Kier alpha value is -1.36. The third kappa shape index (κ3) is 3.82. The lowest BCUT2D eigenvalue weighted by Crippen LogP contribution is -1.93. The standard InChI is InChI=1S/C16H17BrO3/c1-11(19)15-7-6-14(10-16(15)17)20-13-4-2-12(3-5-13)8-9-18/h2-7,10-11,18-19H,8-9H2,1H3/t11-/m0/s1. The topological polar surface area (TPSA) is 49.7 Å². The van der Waals surface area contributed by atoms with Gasteiger partial charge >= 0.3 is 0 Å². The van der Waals surface area contributed by atoms with Gasteiger partial charge in [-0.05, 0) is 48.7 Å². The Balaban J connectivity index is 2.11. The number of halogens is 1. The Bertz CT molecular complexity index is 564. The van der Waals surface area contributed by atoms with Crippen molar-refractivity contribution in [3.63, 3.8) is 0 Å². The first-order chi connectivity index (χ1) is 9.60. The van der Waals surface area contributed by atoms with Crippen LogP contribution in [0.25, 0.3) is 0 Å². The van der Waals surface area contributed by atoms with Gasteiger partial charge in [0.15, 0.2) is 0 Å². The summed E-state index contributed by atoms with van der Waals surface area (Å²) in [6, 6.07) is 13.1. The second-order valence-corrected chi connectivity index (χ2v) is 5.43. The Morgan fingerprint density at radius 1 is 1.10 bits per heavy atom. The zero-order chi connectivity index (χ0) is 14.5. The lowest BCUT2D eigenvalue weighted by molar-refractivity contribution is 0.198. The quantitative estimate of drug-likeness (QED) is 0.872. The van der Waals surface area contributed by atoms with Gasteiger partial charge in [0.05, 0.1) is 6.10 Å². The van der Waals surface area contributed by atoms with Crippen LogP contribution in [-0.4, -0.2) is 16.8 Å². The zero-order valence-corrected chi connectivity index (χ0v) is 12.8. The van der Waals surface area contributed by atoms with Crippen LogP contribution in [0.4, 0.5) is 0 Å². The van der Waals surface area contributed by atoms with Crippen molar-refractivity contribution in [2.75, 3.05) is 6.61 Å². The summed E-state index contributed by atoms with van der Waals surface area (Å²) in [6.45, 7) is 1.87. The number of aliphatic hydroxyl groups excluding tert-OH is 2. The molecule has 0 spiro atoms. The fourth-order valence-corrected chi connectivity index (χ4v) is 2.59. The fourth-order valence-electron chi connectivity index (χ4n) is 1.90. The van der Waals surface area contributed by atoms with Crippen molar-refractivity contribution >= 4 is 15.9 Å². The van der Waals surface area contributed by atoms with Crippen LogP contribution in [0.2, 0.25) is 0 Å². The van der Waals surface area contributed by atoms with E-state index in [1.54, 1.807) is 6.92 Å². The smallest absolute Gasteiger partial charge is 0.128 e. The Morgan fingerprint density at radius 3 is 2.30 bits per heavy atom. The molecule has 2 aromatic carbocycles. The maximum Gasteiger partial charge on any atom is 0.128 e. The lowest BCUT2D eigenvalue weighted by atomic mass is 10.1. The third-order valence-electron chi connectivity index (χ3n) is 2.98. The van der Waals surface area contributed by atoms with Gasteiger partial charge in [-0.15, -0.1) is 0 Å². The lowest BCUT2D eigenvalue weighted by Gasteiger charge is -2.11. The molecule has 0 saturated heterocycles. The summed E-state index contributed by atoms with van der Waals surface area (Å²) in [7, 11) is 0. The first-order valence-electron chi connectivity index (χ1n) is 6.45. The van der Waals surface area contributed by atoms with Gasteiger partial charge in [0, 0.05) is 11.1 Å². The molecule has 0 heterocycles. The van der Waals surface area contributed by atoms with Crippen molar-refractivity contribution in [2.45, 2.75) is 19.4 Å². The van der Waals surface area contributed by atoms with Gasteiger partial charge in [-0.25, -0.2) is 0 Å². The number of hydrogen-bond acceptors (Lipinski definition) is 3. The average molecular weight is 337 g/mol. The van der Waals surface area contributed by atoms with E-state index in [-0.39, 0.29) is 6.61 Å². The first kappa shape index (κ1) is 15.0. The number of benzene rings is 2. The monoisotopic (exact) mass is 336 g/mol. The summed E-state index contributed by atoms with van der Waals surface area (Å²) in [5, 5.41) is 18.4. The summed E-state index contributed by atoms with van der Waals surface area (Å²) < 4.78 is 6.57. The van der Waals surface area contributed by atoms with Crippen LogP contribution in [0.1, 0.15) is 24.2 Å². The Labute approximate surface area is 127 Å². The number of hydrogen-bond donors (Lipinski definition) is 2. The minimum absolute atomic E-state index is 0.147. The van der Waals surface area contributed by atoms with Crippen molar-refractivity contribution in [3.05, 3.63) is 58.1 Å². The molecule has 0 aliphatic rings. The van der Waals surface area contributed by atoms with E-state index in [0.717, 1.165) is 21.3 Å². The van der Waals surface area contributed by atoms with E-state index in [1.165, 1.54) is 0 Å². The first-order valence-corrected chi connectivity index (χ1v) is 7.24. The second kappa shape index (κ2) is 6.88. The van der Waals surface area contributed by atoms with E-state index in [9.17, 15) is 5.11 Å². The summed E-state index contributed by atoms with van der Waals surface area (Å²) in [4.78, 5) is 0. The Morgan fingerprint density at radius 2 is 1.75 bits per heavy atom. The van der Waals surface area contributed by atoms with E-state index < -0.39 is 6.10 Å². The summed E-state index contributed by atoms with van der Waals surface area (Å²) in [6.07, 6.45) is 0.130. The van der Waals surface area contributed by atoms with Gasteiger partial charge in [0.1, 0.15) is 11.5 Å². The molecular weight excluding hydrogens is 320 g/mol. The van der Waals surface area contributed by atoms with Crippen LogP contribution in [-0.2, 0) is 6.42 Å². The van der Waals surface area contributed by atoms with Crippen molar-refractivity contribution in [2.24, 2.45) is 0 Å². The van der Waals surface area contributed by atoms with E-state index in [0.29, 0.717) is 12.2 Å². The van der Waals surface area contributed by atoms with Crippen LogP contribution in [0.3, 0.4) is 0 Å². The molecule has 0 aliphatic carbocycles. The molecule has 2 rings (SSSR count). The summed E-state index contributed by atoms with van der Waals surface area (Å²) in [5.74, 6) is 1.44. The fraction of sp³-hybridized carbons (Fsp3) is 0.250. The van der Waals surface area contributed by atoms with Crippen molar-refractivity contribution < 1.29 is 14.9 Å². The van der Waals surface area contributed by atoms with Crippen molar-refractivity contribution in [3.8, 4) is 11.5 Å². The molecule has 0 unspecified atom stereocenters. The minimum Gasteiger partial charge on any atom is -0.457 e. The van der Waals surface area contributed by atoms with E-state index >= 15 is 0 Å². The zero-order valence-electron chi connectivity index (χ0n) is 11.2. The molecule has 0 aliphatic heterocycles. The number of ether oxygens (including phenoxy) is 1. The van der Waals surface area contributed by atoms with E-state index in [2.05, 4.69) is 15.9 Å². The minimum atomic E-state index is -0.517. The highest BCUT2D eigenvalue weighted by molar-refractivity contribution is 9.10. The summed E-state index contributed by atoms with van der Waals surface area (Å²) in [5.41, 5.74) is 1.90. The highest BCUT2D eigenvalue weighted by atomic mass is 79.9. The van der Waals surface area contributed by atoms with Crippen LogP contribution in [0.15, 0.2) is 46.9 Å². The highest BCUT2D eigenvalue weighted by Crippen LogP contribution is 2.30. The molecule has 0 aromatic heterocycles. The molecule has 4 heteroatoms. The van der Waals surface area contributed by atoms with E-state index in [4.69, 9.17) is 9.84 Å². The van der Waals surface area contributed by atoms with Gasteiger partial charge in [-0.3, -0.25) is 0 Å². The average Bonchev–Trinajstić information content (AvgIpc) is 2.41. The molecular formula is C16H17BrO3. The second-order valence-electron chi connectivity index (χ2n) is 4.58. The predicted molar refractivity (Wildman–Crippen MR) is 82.1 cm³/mol. The molecule has 1 atom stereocenters. The van der Waals surface area contributed by atoms with Gasteiger partial charge in [0.2, 0.25) is 0 Å². The molecule has 2 aromatic rings.